The molecular weight excluding hydrogens is 290 g/mol. The molecule has 1 nitrogen and oxygen atoms in total. The highest BCUT2D eigenvalue weighted by molar-refractivity contribution is 8.63. The highest BCUT2D eigenvalue weighted by Gasteiger charge is 2.28. The van der Waals surface area contributed by atoms with Crippen molar-refractivity contribution in [3.63, 3.8) is 0 Å². The standard InChI is InChI=1S/C10H21NP4S/c1-6(2)8-7(10(3,4)5)9(11-16-8)15(13)14-12/h6,14H,12-13H2,1-5H3. The number of hydrogen-bond acceptors (Lipinski definition) is 2. The first kappa shape index (κ1) is 15.4. The Bertz CT molecular complexity index is 356. The normalized spacial score (nSPS) is 15.2. The molecule has 4 unspecified atom stereocenters. The van der Waals surface area contributed by atoms with Crippen LogP contribution in [0, 0.1) is 0 Å². The number of aromatic nitrogens is 1. The quantitative estimate of drug-likeness (QED) is 0.728. The Balaban J connectivity index is 3.31. The molecule has 0 aliphatic heterocycles. The van der Waals surface area contributed by atoms with Gasteiger partial charge in [0.25, 0.3) is 0 Å². The summed E-state index contributed by atoms with van der Waals surface area (Å²) in [4.78, 5) is 1.47. The lowest BCUT2D eigenvalue weighted by atomic mass is 9.86. The molecule has 1 aromatic heterocycles. The van der Waals surface area contributed by atoms with Crippen LogP contribution in [0.2, 0.25) is 0 Å². The average molecular weight is 311 g/mol. The third kappa shape index (κ3) is 3.43. The van der Waals surface area contributed by atoms with E-state index in [9.17, 15) is 0 Å². The molecule has 6 heteroatoms. The molecule has 0 amide bonds. The number of nitrogens with zero attached hydrogens (tertiary/aromatic N) is 1. The molecule has 0 bridgehead atoms. The van der Waals surface area contributed by atoms with Crippen LogP contribution in [0.5, 0.6) is 0 Å². The van der Waals surface area contributed by atoms with Gasteiger partial charge in [0.15, 0.2) is 0 Å². The summed E-state index contributed by atoms with van der Waals surface area (Å²) in [6, 6.07) is 0. The van der Waals surface area contributed by atoms with Gasteiger partial charge in [-0.05, 0) is 30.2 Å². The van der Waals surface area contributed by atoms with Crippen LogP contribution >= 0.6 is 44.6 Å². The second kappa shape index (κ2) is 5.99. The lowest BCUT2D eigenvalue weighted by molar-refractivity contribution is 0.585. The van der Waals surface area contributed by atoms with Crippen molar-refractivity contribution < 1.29 is 0 Å². The molecule has 1 heterocycles. The number of hydrogen-bond donors (Lipinski definition) is 0. The van der Waals surface area contributed by atoms with Crippen molar-refractivity contribution in [1.82, 2.24) is 4.37 Å². The smallest absolute Gasteiger partial charge is 0.0891 e. The lowest BCUT2D eigenvalue weighted by Crippen LogP contribution is -2.21. The largest absolute Gasteiger partial charge is 0.192 e. The van der Waals surface area contributed by atoms with E-state index < -0.39 is 0 Å². The van der Waals surface area contributed by atoms with Crippen molar-refractivity contribution >= 4 is 50.1 Å². The minimum atomic E-state index is -0.156. The summed E-state index contributed by atoms with van der Waals surface area (Å²) in [6.07, 6.45) is 0. The van der Waals surface area contributed by atoms with Crippen LogP contribution in [0.15, 0.2) is 0 Å². The molecule has 4 atom stereocenters. The second-order valence-electron chi connectivity index (χ2n) is 5.15. The third-order valence-corrected chi connectivity index (χ3v) is 13.4. The van der Waals surface area contributed by atoms with Crippen LogP contribution in [0.3, 0.4) is 0 Å². The molecule has 1 aromatic rings. The van der Waals surface area contributed by atoms with E-state index in [1.807, 2.05) is 0 Å². The van der Waals surface area contributed by atoms with Gasteiger partial charge in [-0.1, -0.05) is 42.6 Å². The molecular formula is C10H21NP4S. The molecule has 0 N–H and O–H groups in total. The maximum absolute atomic E-state index is 4.72. The van der Waals surface area contributed by atoms with Crippen molar-refractivity contribution in [2.45, 2.75) is 46.0 Å². The highest BCUT2D eigenvalue weighted by Crippen LogP contribution is 2.65. The zero-order chi connectivity index (χ0) is 12.5. The summed E-state index contributed by atoms with van der Waals surface area (Å²) in [5.41, 5.74) is 3.07. The maximum atomic E-state index is 4.72. The van der Waals surface area contributed by atoms with Crippen molar-refractivity contribution in [3.8, 4) is 0 Å². The molecule has 0 saturated heterocycles. The van der Waals surface area contributed by atoms with Gasteiger partial charge in [0.1, 0.15) is 0 Å². The molecule has 0 aliphatic rings. The van der Waals surface area contributed by atoms with Gasteiger partial charge in [0, 0.05) is 10.4 Å². The zero-order valence-electron chi connectivity index (χ0n) is 10.5. The van der Waals surface area contributed by atoms with E-state index in [0.29, 0.717) is 5.92 Å². The molecule has 0 aliphatic carbocycles. The lowest BCUT2D eigenvalue weighted by Gasteiger charge is -2.23. The Labute approximate surface area is 111 Å². The molecule has 1 rings (SSSR count). The Hall–Kier alpha value is 1.35. The van der Waals surface area contributed by atoms with Crippen LogP contribution in [-0.2, 0) is 5.41 Å². The summed E-state index contributed by atoms with van der Waals surface area (Å²) in [6.45, 7) is 11.4. The van der Waals surface area contributed by atoms with Gasteiger partial charge in [-0.15, -0.1) is 17.9 Å². The van der Waals surface area contributed by atoms with Crippen molar-refractivity contribution in [2.24, 2.45) is 0 Å². The van der Waals surface area contributed by atoms with E-state index in [0.717, 1.165) is 7.96 Å². The van der Waals surface area contributed by atoms with Gasteiger partial charge in [0.05, 0.1) is 5.44 Å². The first-order chi connectivity index (χ1) is 7.29. The minimum Gasteiger partial charge on any atom is -0.192 e. The summed E-state index contributed by atoms with van der Waals surface area (Å²) in [5, 5.41) is 0. The van der Waals surface area contributed by atoms with Crippen LogP contribution in [0.1, 0.15) is 51.0 Å². The third-order valence-electron chi connectivity index (χ3n) is 2.34. The first-order valence-electron chi connectivity index (χ1n) is 5.30. The summed E-state index contributed by atoms with van der Waals surface area (Å²) in [7, 11) is 6.58. The Morgan fingerprint density at radius 2 is 1.94 bits per heavy atom. The van der Waals surface area contributed by atoms with E-state index in [2.05, 4.69) is 52.5 Å². The molecule has 0 aromatic carbocycles. The van der Waals surface area contributed by atoms with Gasteiger partial charge in [-0.2, -0.15) is 4.37 Å². The van der Waals surface area contributed by atoms with Gasteiger partial charge in [0.2, 0.25) is 0 Å². The van der Waals surface area contributed by atoms with E-state index in [1.54, 1.807) is 11.5 Å². The second-order valence-corrected chi connectivity index (χ2v) is 15.0. The van der Waals surface area contributed by atoms with E-state index >= 15 is 0 Å². The predicted molar refractivity (Wildman–Crippen MR) is 89.2 cm³/mol. The summed E-state index contributed by atoms with van der Waals surface area (Å²) >= 11 is 1.70. The fourth-order valence-electron chi connectivity index (χ4n) is 1.62. The molecule has 0 spiro atoms. The average Bonchev–Trinajstić information content (AvgIpc) is 2.59. The Kier molecular flexibility index (Phi) is 5.77. The van der Waals surface area contributed by atoms with Crippen molar-refractivity contribution in [3.05, 3.63) is 10.4 Å². The van der Waals surface area contributed by atoms with Crippen molar-refractivity contribution in [2.75, 3.05) is 0 Å². The predicted octanol–water partition coefficient (Wildman–Crippen LogP) is 4.84. The summed E-state index contributed by atoms with van der Waals surface area (Å²) < 4.78 is 4.72. The summed E-state index contributed by atoms with van der Waals surface area (Å²) in [5.74, 6) is 0.585. The number of rotatable bonds is 3. The Morgan fingerprint density at radius 3 is 2.31 bits per heavy atom. The SMILES string of the molecule is CC(C)c1snc(P(P)PP)c1C(C)(C)C. The molecule has 92 valence electrons. The van der Waals surface area contributed by atoms with E-state index in [4.69, 9.17) is 4.37 Å². The van der Waals surface area contributed by atoms with Crippen LogP contribution in [0.25, 0.3) is 0 Å². The zero-order valence-corrected chi connectivity index (χ0v) is 15.6. The van der Waals surface area contributed by atoms with Gasteiger partial charge in [-0.25, -0.2) is 0 Å². The topological polar surface area (TPSA) is 12.9 Å². The molecule has 0 fully saturated rings. The van der Waals surface area contributed by atoms with Crippen molar-refractivity contribution in [1.29, 1.82) is 0 Å². The van der Waals surface area contributed by atoms with Gasteiger partial charge in [-0.3, -0.25) is 0 Å². The molecule has 16 heavy (non-hydrogen) atoms. The highest BCUT2D eigenvalue weighted by atomic mass is 32.6. The van der Waals surface area contributed by atoms with Crippen LogP contribution in [-0.4, -0.2) is 4.37 Å². The molecule has 0 radical (unpaired) electrons. The fourth-order valence-corrected chi connectivity index (χ4v) is 6.95. The minimum absolute atomic E-state index is 0.156. The first-order valence-corrected chi connectivity index (χ1v) is 12.7. The Morgan fingerprint density at radius 1 is 1.38 bits per heavy atom. The van der Waals surface area contributed by atoms with Gasteiger partial charge >= 0.3 is 0 Å². The monoisotopic (exact) mass is 311 g/mol. The van der Waals surface area contributed by atoms with E-state index in [1.165, 1.54) is 15.9 Å². The van der Waals surface area contributed by atoms with E-state index in [-0.39, 0.29) is 12.7 Å². The fraction of sp³-hybridized carbons (Fsp3) is 0.700. The van der Waals surface area contributed by atoms with Gasteiger partial charge < -0.3 is 0 Å². The van der Waals surface area contributed by atoms with Crippen LogP contribution in [0.4, 0.5) is 0 Å². The molecule has 0 saturated carbocycles. The maximum Gasteiger partial charge on any atom is 0.0891 e. The van der Waals surface area contributed by atoms with Crippen LogP contribution < -0.4 is 5.44 Å².